The Hall–Kier alpha value is -2.34. The van der Waals surface area contributed by atoms with Gasteiger partial charge in [0, 0.05) is 25.0 Å². The number of carbonyl (C=O) groups is 1. The molecule has 0 unspecified atom stereocenters. The van der Waals surface area contributed by atoms with Crippen LogP contribution in [0.2, 0.25) is 0 Å². The van der Waals surface area contributed by atoms with Gasteiger partial charge in [0.15, 0.2) is 11.5 Å². The Bertz CT molecular complexity index is 739. The Balaban J connectivity index is 1.63. The molecule has 23 heavy (non-hydrogen) atoms. The summed E-state index contributed by atoms with van der Waals surface area (Å²) in [5, 5.41) is 2.92. The second-order valence-corrected chi connectivity index (χ2v) is 6.36. The lowest BCUT2D eigenvalue weighted by Gasteiger charge is -2.20. The van der Waals surface area contributed by atoms with Crippen LogP contribution in [-0.4, -0.2) is 36.1 Å². The van der Waals surface area contributed by atoms with Crippen molar-refractivity contribution >= 4 is 23.3 Å². The molecule has 1 aromatic heterocycles. The Morgan fingerprint density at radius 1 is 1.35 bits per heavy atom. The second-order valence-electron chi connectivity index (χ2n) is 5.30. The zero-order chi connectivity index (χ0) is 16.2. The van der Waals surface area contributed by atoms with Crippen molar-refractivity contribution in [3.8, 4) is 11.5 Å². The average Bonchev–Trinajstić information content (AvgIpc) is 2.98. The van der Waals surface area contributed by atoms with Crippen molar-refractivity contribution in [2.24, 2.45) is 0 Å². The number of thiazole rings is 1. The molecule has 120 valence electrons. The number of fused-ring (bicyclic) bond motifs is 1. The summed E-state index contributed by atoms with van der Waals surface area (Å²) in [6, 6.07) is 5.76. The number of rotatable bonds is 4. The number of carbonyl (C=O) groups excluding carboxylic acids is 1. The summed E-state index contributed by atoms with van der Waals surface area (Å²) in [7, 11) is 1.77. The first-order valence-corrected chi connectivity index (χ1v) is 8.23. The summed E-state index contributed by atoms with van der Waals surface area (Å²) in [6.07, 6.45) is 3.29. The molecule has 5 nitrogen and oxygen atoms in total. The number of nitrogens with zero attached hydrogens (tertiary/aromatic N) is 2. The van der Waals surface area contributed by atoms with Gasteiger partial charge >= 0.3 is 0 Å². The monoisotopic (exact) mass is 330 g/mol. The number of likely N-dealkylation sites (N-methyl/N-ethyl adjacent to an activating group) is 1. The maximum Gasteiger partial charge on any atom is 0.246 e. The Kier molecular flexibility index (Phi) is 4.62. The summed E-state index contributed by atoms with van der Waals surface area (Å²) in [6.45, 7) is 3.58. The molecule has 0 saturated carbocycles. The van der Waals surface area contributed by atoms with Crippen LogP contribution in [0.4, 0.5) is 0 Å². The van der Waals surface area contributed by atoms with Gasteiger partial charge in [-0.3, -0.25) is 4.79 Å². The highest BCUT2D eigenvalue weighted by Gasteiger charge is 2.13. The highest BCUT2D eigenvalue weighted by molar-refractivity contribution is 7.09. The molecule has 1 aromatic carbocycles. The first-order chi connectivity index (χ1) is 11.1. The van der Waals surface area contributed by atoms with Crippen molar-refractivity contribution in [3.63, 3.8) is 0 Å². The number of hydrogen-bond donors (Lipinski definition) is 0. The molecule has 0 spiro atoms. The minimum atomic E-state index is -0.0643. The quantitative estimate of drug-likeness (QED) is 0.809. The van der Waals surface area contributed by atoms with Crippen molar-refractivity contribution < 1.29 is 14.3 Å². The summed E-state index contributed by atoms with van der Waals surface area (Å²) < 4.78 is 11.1. The SMILES string of the molecule is Cc1nc(C=CC(=O)N(C)Cc2ccc3c(c2)OCCO3)cs1. The van der Waals surface area contributed by atoms with E-state index in [-0.39, 0.29) is 5.91 Å². The van der Waals surface area contributed by atoms with Crippen LogP contribution in [0.15, 0.2) is 29.7 Å². The third-order valence-electron chi connectivity index (χ3n) is 3.44. The number of aromatic nitrogens is 1. The zero-order valence-electron chi connectivity index (χ0n) is 13.1. The van der Waals surface area contributed by atoms with Crippen LogP contribution < -0.4 is 9.47 Å². The van der Waals surface area contributed by atoms with Crippen molar-refractivity contribution in [2.75, 3.05) is 20.3 Å². The van der Waals surface area contributed by atoms with Crippen molar-refractivity contribution in [3.05, 3.63) is 45.9 Å². The summed E-state index contributed by atoms with van der Waals surface area (Å²) >= 11 is 1.57. The molecule has 0 atom stereocenters. The molecule has 3 rings (SSSR count). The maximum absolute atomic E-state index is 12.2. The fraction of sp³-hybridized carbons (Fsp3) is 0.294. The van der Waals surface area contributed by atoms with Crippen LogP contribution in [0.5, 0.6) is 11.5 Å². The van der Waals surface area contributed by atoms with E-state index < -0.39 is 0 Å². The van der Waals surface area contributed by atoms with E-state index in [1.807, 2.05) is 30.5 Å². The highest BCUT2D eigenvalue weighted by atomic mass is 32.1. The molecule has 2 aromatic rings. The molecular formula is C17H18N2O3S. The first kappa shape index (κ1) is 15.6. The lowest BCUT2D eigenvalue weighted by molar-refractivity contribution is -0.125. The van der Waals surface area contributed by atoms with E-state index in [1.54, 1.807) is 35.4 Å². The molecule has 0 radical (unpaired) electrons. The summed E-state index contributed by atoms with van der Waals surface area (Å²) in [5.41, 5.74) is 1.82. The maximum atomic E-state index is 12.2. The van der Waals surface area contributed by atoms with E-state index in [1.165, 1.54) is 0 Å². The molecule has 1 aliphatic rings. The van der Waals surface area contributed by atoms with Gasteiger partial charge in [-0.25, -0.2) is 4.98 Å². The third-order valence-corrected chi connectivity index (χ3v) is 4.23. The Labute approximate surface area is 139 Å². The van der Waals surface area contributed by atoms with Crippen molar-refractivity contribution in [1.29, 1.82) is 0 Å². The topological polar surface area (TPSA) is 51.7 Å². The molecule has 2 heterocycles. The van der Waals surface area contributed by atoms with Gasteiger partial charge in [-0.1, -0.05) is 6.07 Å². The smallest absolute Gasteiger partial charge is 0.246 e. The Morgan fingerprint density at radius 2 is 2.13 bits per heavy atom. The minimum absolute atomic E-state index is 0.0643. The fourth-order valence-electron chi connectivity index (χ4n) is 2.28. The van der Waals surface area contributed by atoms with Gasteiger partial charge in [0.1, 0.15) is 13.2 Å². The lowest BCUT2D eigenvalue weighted by Crippen LogP contribution is -2.24. The summed E-state index contributed by atoms with van der Waals surface area (Å²) in [5.74, 6) is 1.43. The van der Waals surface area contributed by atoms with Gasteiger partial charge in [0.2, 0.25) is 5.91 Å². The number of hydrogen-bond acceptors (Lipinski definition) is 5. The number of amides is 1. The van der Waals surface area contributed by atoms with Crippen LogP contribution in [0.3, 0.4) is 0 Å². The van der Waals surface area contributed by atoms with E-state index in [0.29, 0.717) is 19.8 Å². The lowest BCUT2D eigenvalue weighted by atomic mass is 10.2. The Morgan fingerprint density at radius 3 is 2.87 bits per heavy atom. The van der Waals surface area contributed by atoms with Crippen LogP contribution >= 0.6 is 11.3 Å². The van der Waals surface area contributed by atoms with Crippen LogP contribution in [0, 0.1) is 6.92 Å². The van der Waals surface area contributed by atoms with Gasteiger partial charge < -0.3 is 14.4 Å². The third kappa shape index (κ3) is 3.90. The molecule has 0 saturated heterocycles. The van der Waals surface area contributed by atoms with Crippen LogP contribution in [0.1, 0.15) is 16.3 Å². The van der Waals surface area contributed by atoms with Gasteiger partial charge in [0.05, 0.1) is 10.7 Å². The second kappa shape index (κ2) is 6.83. The van der Waals surface area contributed by atoms with Crippen LogP contribution in [0.25, 0.3) is 6.08 Å². The van der Waals surface area contributed by atoms with Gasteiger partial charge in [-0.05, 0) is 30.7 Å². The molecular weight excluding hydrogens is 312 g/mol. The predicted molar refractivity (Wildman–Crippen MR) is 89.8 cm³/mol. The molecule has 0 aliphatic carbocycles. The van der Waals surface area contributed by atoms with Crippen molar-refractivity contribution in [1.82, 2.24) is 9.88 Å². The molecule has 1 amide bonds. The average molecular weight is 330 g/mol. The van der Waals surface area contributed by atoms with Crippen LogP contribution in [-0.2, 0) is 11.3 Å². The first-order valence-electron chi connectivity index (χ1n) is 7.35. The predicted octanol–water partition coefficient (Wildman–Crippen LogP) is 2.89. The molecule has 0 fully saturated rings. The molecule has 1 aliphatic heterocycles. The van der Waals surface area contributed by atoms with E-state index in [9.17, 15) is 4.79 Å². The van der Waals surface area contributed by atoms with Gasteiger partial charge in [0.25, 0.3) is 0 Å². The zero-order valence-corrected chi connectivity index (χ0v) is 13.9. The van der Waals surface area contributed by atoms with Gasteiger partial charge in [-0.2, -0.15) is 0 Å². The number of ether oxygens (including phenoxy) is 2. The number of aryl methyl sites for hydroxylation is 1. The fourth-order valence-corrected chi connectivity index (χ4v) is 2.86. The largest absolute Gasteiger partial charge is 0.486 e. The molecule has 6 heteroatoms. The summed E-state index contributed by atoms with van der Waals surface area (Å²) in [4.78, 5) is 18.1. The molecule has 0 bridgehead atoms. The van der Waals surface area contributed by atoms with E-state index in [2.05, 4.69) is 4.98 Å². The van der Waals surface area contributed by atoms with Gasteiger partial charge in [-0.15, -0.1) is 11.3 Å². The van der Waals surface area contributed by atoms with E-state index in [4.69, 9.17) is 9.47 Å². The standard InChI is InChI=1S/C17H18N2O3S/c1-12-18-14(11-23-12)4-6-17(20)19(2)10-13-3-5-15-16(9-13)22-8-7-21-15/h3-6,9,11H,7-8,10H2,1-2H3. The normalized spacial score (nSPS) is 13.3. The van der Waals surface area contributed by atoms with E-state index >= 15 is 0 Å². The minimum Gasteiger partial charge on any atom is -0.486 e. The highest BCUT2D eigenvalue weighted by Crippen LogP contribution is 2.31. The molecule has 0 N–H and O–H groups in total. The number of benzene rings is 1. The van der Waals surface area contributed by atoms with E-state index in [0.717, 1.165) is 27.8 Å². The van der Waals surface area contributed by atoms with Crippen molar-refractivity contribution in [2.45, 2.75) is 13.5 Å².